The average Bonchev–Trinajstić information content (AvgIpc) is 2.10. The van der Waals surface area contributed by atoms with Gasteiger partial charge in [-0.1, -0.05) is 11.6 Å². The van der Waals surface area contributed by atoms with E-state index in [4.69, 9.17) is 16.3 Å². The molecule has 0 amide bonds. The first-order valence-corrected chi connectivity index (χ1v) is 5.40. The molecule has 0 fully saturated rings. The zero-order valence-electron chi connectivity index (χ0n) is 8.46. The van der Waals surface area contributed by atoms with Crippen molar-refractivity contribution in [1.82, 2.24) is 0 Å². The van der Waals surface area contributed by atoms with E-state index in [0.29, 0.717) is 0 Å². The van der Waals surface area contributed by atoms with E-state index < -0.39 is 20.3 Å². The van der Waals surface area contributed by atoms with Crippen LogP contribution in [0.15, 0.2) is 12.1 Å². The zero-order valence-corrected chi connectivity index (χ0v) is 10.8. The number of hydrogen-bond donors (Lipinski definition) is 0. The summed E-state index contributed by atoms with van der Waals surface area (Å²) < 4.78 is 17.5. The van der Waals surface area contributed by atoms with E-state index in [9.17, 15) is 14.5 Å². The van der Waals surface area contributed by atoms with E-state index >= 15 is 0 Å². The summed E-state index contributed by atoms with van der Waals surface area (Å²) in [7, 11) is 0. The van der Waals surface area contributed by atoms with Crippen LogP contribution in [0, 0.1) is 15.9 Å². The third kappa shape index (κ3) is 3.05. The Kier molecular flexibility index (Phi) is 3.75. The van der Waals surface area contributed by atoms with Crippen LogP contribution in [-0.4, -0.2) is 9.43 Å². The Hall–Kier alpha value is -0.880. The molecule has 0 unspecified atom stereocenters. The van der Waals surface area contributed by atoms with Gasteiger partial charge in [0.05, 0.1) is 4.92 Å². The van der Waals surface area contributed by atoms with Gasteiger partial charge in [-0.05, 0) is 35.8 Å². The molecule has 0 N–H and O–H groups in total. The van der Waals surface area contributed by atoms with Crippen LogP contribution in [0.25, 0.3) is 0 Å². The van der Waals surface area contributed by atoms with Gasteiger partial charge in [0, 0.05) is 6.07 Å². The third-order valence-corrected chi connectivity index (χ3v) is 2.08. The second kappa shape index (κ2) is 4.55. The van der Waals surface area contributed by atoms with Gasteiger partial charge in [0.1, 0.15) is 10.8 Å². The highest BCUT2D eigenvalue weighted by molar-refractivity contribution is 9.10. The Labute approximate surface area is 105 Å². The molecule has 7 heteroatoms. The van der Waals surface area contributed by atoms with Gasteiger partial charge in [-0.3, -0.25) is 10.1 Å². The molecule has 4 nitrogen and oxygen atoms in total. The van der Waals surface area contributed by atoms with Crippen molar-refractivity contribution < 1.29 is 14.1 Å². The van der Waals surface area contributed by atoms with Gasteiger partial charge in [0.15, 0.2) is 4.51 Å². The number of halogens is 3. The van der Waals surface area contributed by atoms with Crippen LogP contribution < -0.4 is 4.74 Å². The first-order valence-electron chi connectivity index (χ1n) is 4.22. The lowest BCUT2D eigenvalue weighted by Gasteiger charge is -2.19. The maximum Gasteiger partial charge on any atom is 0.312 e. The number of nitro benzene ring substituents is 1. The number of nitrogens with zero attached hydrogens (tertiary/aromatic N) is 1. The molecule has 0 saturated heterocycles. The van der Waals surface area contributed by atoms with Crippen LogP contribution in [-0.2, 0) is 0 Å². The van der Waals surface area contributed by atoms with E-state index in [1.807, 2.05) is 0 Å². The second-order valence-corrected chi connectivity index (χ2v) is 5.72. The van der Waals surface area contributed by atoms with E-state index in [0.717, 1.165) is 12.1 Å². The predicted molar refractivity (Wildman–Crippen MR) is 61.7 cm³/mol. The molecule has 0 aromatic heterocycles. The third-order valence-electron chi connectivity index (χ3n) is 1.57. The normalized spacial score (nSPS) is 11.3. The second-order valence-electron chi connectivity index (χ2n) is 3.43. The Bertz CT molecular complexity index is 433. The highest BCUT2D eigenvalue weighted by Crippen LogP contribution is 2.39. The van der Waals surface area contributed by atoms with Crippen molar-refractivity contribution in [2.24, 2.45) is 0 Å². The summed E-state index contributed by atoms with van der Waals surface area (Å²) in [5.41, 5.74) is -0.376. The van der Waals surface area contributed by atoms with Gasteiger partial charge in [-0.25, -0.2) is 4.39 Å². The minimum Gasteiger partial charge on any atom is -0.468 e. The molecule has 88 valence electrons. The van der Waals surface area contributed by atoms with Gasteiger partial charge in [-0.2, -0.15) is 0 Å². The maximum atomic E-state index is 13.1. The predicted octanol–water partition coefficient (Wildman–Crippen LogP) is 3.90. The van der Waals surface area contributed by atoms with Crippen LogP contribution >= 0.6 is 27.5 Å². The summed E-state index contributed by atoms with van der Waals surface area (Å²) in [6, 6.07) is 1.93. The Morgan fingerprint density at radius 2 is 2.12 bits per heavy atom. The smallest absolute Gasteiger partial charge is 0.312 e. The molecule has 0 radical (unpaired) electrons. The van der Waals surface area contributed by atoms with Crippen molar-refractivity contribution in [1.29, 1.82) is 0 Å². The molecule has 0 heterocycles. The fourth-order valence-corrected chi connectivity index (χ4v) is 1.37. The number of nitro groups is 1. The quantitative estimate of drug-likeness (QED) is 0.483. The van der Waals surface area contributed by atoms with Gasteiger partial charge >= 0.3 is 5.69 Å². The highest BCUT2D eigenvalue weighted by atomic mass is 79.9. The Balaban J connectivity index is 3.32. The summed E-state index contributed by atoms with van der Waals surface area (Å²) in [6.07, 6.45) is 0. The SMILES string of the molecule is CC(C)(Br)Oc1c([N+](=O)[O-])ccc(F)c1Cl. The zero-order chi connectivity index (χ0) is 12.5. The van der Waals surface area contributed by atoms with Crippen LogP contribution in [0.1, 0.15) is 13.8 Å². The number of ether oxygens (including phenoxy) is 1. The molecule has 1 aromatic rings. The van der Waals surface area contributed by atoms with Crippen molar-refractivity contribution in [3.05, 3.63) is 33.1 Å². The van der Waals surface area contributed by atoms with Crippen LogP contribution in [0.2, 0.25) is 5.02 Å². The van der Waals surface area contributed by atoms with Gasteiger partial charge in [-0.15, -0.1) is 0 Å². The van der Waals surface area contributed by atoms with E-state index in [-0.39, 0.29) is 11.4 Å². The molecular formula is C9H8BrClFNO3. The highest BCUT2D eigenvalue weighted by Gasteiger charge is 2.26. The van der Waals surface area contributed by atoms with E-state index in [2.05, 4.69) is 15.9 Å². The average molecular weight is 313 g/mol. The van der Waals surface area contributed by atoms with Gasteiger partial charge < -0.3 is 4.74 Å². The molecular weight excluding hydrogens is 304 g/mol. The standard InChI is InChI=1S/C9H8BrClFNO3/c1-9(2,10)16-8-6(13(14)15)4-3-5(12)7(8)11/h3-4H,1-2H3. The Morgan fingerprint density at radius 1 is 1.56 bits per heavy atom. The molecule has 0 aliphatic carbocycles. The minimum absolute atomic E-state index is 0.284. The van der Waals surface area contributed by atoms with Crippen molar-refractivity contribution in [2.75, 3.05) is 0 Å². The summed E-state index contributed by atoms with van der Waals surface area (Å²) in [5, 5.41) is 10.3. The number of rotatable bonds is 3. The molecule has 0 aliphatic rings. The first-order chi connectivity index (χ1) is 7.22. The summed E-state index contributed by atoms with van der Waals surface area (Å²) in [6.45, 7) is 3.22. The van der Waals surface area contributed by atoms with Gasteiger partial charge in [0.25, 0.3) is 0 Å². The molecule has 1 rings (SSSR count). The lowest BCUT2D eigenvalue weighted by molar-refractivity contribution is -0.386. The van der Waals surface area contributed by atoms with Crippen molar-refractivity contribution >= 4 is 33.2 Å². The van der Waals surface area contributed by atoms with Crippen molar-refractivity contribution in [3.8, 4) is 5.75 Å². The molecule has 0 spiro atoms. The lowest BCUT2D eigenvalue weighted by atomic mass is 10.3. The molecule has 0 atom stereocenters. The topological polar surface area (TPSA) is 52.4 Å². The fourth-order valence-electron chi connectivity index (χ4n) is 1.01. The summed E-state index contributed by atoms with van der Waals surface area (Å²) in [5.74, 6) is -1.05. The molecule has 0 aliphatic heterocycles. The lowest BCUT2D eigenvalue weighted by Crippen LogP contribution is -2.20. The van der Waals surface area contributed by atoms with E-state index in [1.165, 1.54) is 0 Å². The number of benzene rings is 1. The Morgan fingerprint density at radius 3 is 2.56 bits per heavy atom. The van der Waals surface area contributed by atoms with Crippen LogP contribution in [0.5, 0.6) is 5.75 Å². The number of alkyl halides is 1. The van der Waals surface area contributed by atoms with Gasteiger partial charge in [0.2, 0.25) is 5.75 Å². The fraction of sp³-hybridized carbons (Fsp3) is 0.333. The minimum atomic E-state index is -0.880. The summed E-state index contributed by atoms with van der Waals surface area (Å²) >= 11 is 8.75. The monoisotopic (exact) mass is 311 g/mol. The molecule has 0 bridgehead atoms. The first kappa shape index (κ1) is 13.2. The molecule has 0 saturated carbocycles. The molecule has 1 aromatic carbocycles. The van der Waals surface area contributed by atoms with E-state index in [1.54, 1.807) is 13.8 Å². The van der Waals surface area contributed by atoms with Crippen molar-refractivity contribution in [2.45, 2.75) is 18.4 Å². The van der Waals surface area contributed by atoms with Crippen LogP contribution in [0.4, 0.5) is 10.1 Å². The summed E-state index contributed by atoms with van der Waals surface area (Å²) in [4.78, 5) is 10.0. The molecule has 16 heavy (non-hydrogen) atoms. The number of hydrogen-bond acceptors (Lipinski definition) is 3. The van der Waals surface area contributed by atoms with Crippen molar-refractivity contribution in [3.63, 3.8) is 0 Å². The maximum absolute atomic E-state index is 13.1. The largest absolute Gasteiger partial charge is 0.468 e. The van der Waals surface area contributed by atoms with Crippen LogP contribution in [0.3, 0.4) is 0 Å².